The van der Waals surface area contributed by atoms with E-state index in [9.17, 15) is 0 Å². The van der Waals surface area contributed by atoms with E-state index < -0.39 is 0 Å². The zero-order chi connectivity index (χ0) is 13.8. The van der Waals surface area contributed by atoms with Gasteiger partial charge in [0.25, 0.3) is 0 Å². The summed E-state index contributed by atoms with van der Waals surface area (Å²) in [6.07, 6.45) is 2.56. The number of hydrogen-bond acceptors (Lipinski definition) is 5. The minimum atomic E-state index is -0.0280. The number of para-hydroxylation sites is 1. The summed E-state index contributed by atoms with van der Waals surface area (Å²) >= 11 is 1.68. The van der Waals surface area contributed by atoms with Crippen LogP contribution in [0.25, 0.3) is 5.69 Å². The van der Waals surface area contributed by atoms with Crippen LogP contribution in [0.5, 0.6) is 0 Å². The average molecular weight is 285 g/mol. The lowest BCUT2D eigenvalue weighted by Crippen LogP contribution is -2.31. The van der Waals surface area contributed by atoms with Crippen molar-refractivity contribution in [2.45, 2.75) is 12.5 Å². The van der Waals surface area contributed by atoms with Crippen LogP contribution in [0, 0.1) is 0 Å². The number of hydrazine groups is 1. The molecule has 1 atom stereocenters. The summed E-state index contributed by atoms with van der Waals surface area (Å²) in [6, 6.07) is 12.0. The average Bonchev–Trinajstić information content (AvgIpc) is 3.17. The van der Waals surface area contributed by atoms with E-state index in [4.69, 9.17) is 5.84 Å². The maximum atomic E-state index is 5.71. The fourth-order valence-corrected chi connectivity index (χ4v) is 2.83. The smallest absolute Gasteiger partial charge is 0.0832 e. The molecule has 102 valence electrons. The van der Waals surface area contributed by atoms with Crippen molar-refractivity contribution in [1.29, 1.82) is 0 Å². The summed E-state index contributed by atoms with van der Waals surface area (Å²) in [6.45, 7) is 0. The first-order valence-corrected chi connectivity index (χ1v) is 7.26. The standard InChI is InChI=1S/C14H15N5S/c15-17-13(8-11-6-7-20-10-11)14-9-16-18-19(14)12-4-2-1-3-5-12/h1-7,9-10,13,17H,8,15H2. The molecule has 2 heterocycles. The molecule has 20 heavy (non-hydrogen) atoms. The minimum absolute atomic E-state index is 0.0280. The quantitative estimate of drug-likeness (QED) is 0.556. The first kappa shape index (κ1) is 13.0. The lowest BCUT2D eigenvalue weighted by atomic mass is 10.1. The lowest BCUT2D eigenvalue weighted by Gasteiger charge is -2.16. The van der Waals surface area contributed by atoms with E-state index >= 15 is 0 Å². The van der Waals surface area contributed by atoms with Gasteiger partial charge in [0.2, 0.25) is 0 Å². The first-order chi connectivity index (χ1) is 9.88. The van der Waals surface area contributed by atoms with Crippen molar-refractivity contribution in [2.24, 2.45) is 5.84 Å². The van der Waals surface area contributed by atoms with Gasteiger partial charge in [-0.25, -0.2) is 4.68 Å². The monoisotopic (exact) mass is 285 g/mol. The van der Waals surface area contributed by atoms with Crippen molar-refractivity contribution in [3.63, 3.8) is 0 Å². The van der Waals surface area contributed by atoms with Crippen LogP contribution in [0.2, 0.25) is 0 Å². The van der Waals surface area contributed by atoms with E-state index in [1.165, 1.54) is 5.56 Å². The van der Waals surface area contributed by atoms with Crippen molar-refractivity contribution < 1.29 is 0 Å². The van der Waals surface area contributed by atoms with Gasteiger partial charge in [0.05, 0.1) is 23.6 Å². The molecule has 0 saturated heterocycles. The summed E-state index contributed by atoms with van der Waals surface area (Å²) < 4.78 is 1.82. The van der Waals surface area contributed by atoms with Crippen LogP contribution in [0.4, 0.5) is 0 Å². The Morgan fingerprint density at radius 1 is 1.25 bits per heavy atom. The van der Waals surface area contributed by atoms with E-state index in [0.29, 0.717) is 0 Å². The Morgan fingerprint density at radius 3 is 2.80 bits per heavy atom. The second-order valence-corrected chi connectivity index (χ2v) is 5.24. The van der Waals surface area contributed by atoms with E-state index in [1.54, 1.807) is 17.5 Å². The molecule has 0 aliphatic carbocycles. The Kier molecular flexibility index (Phi) is 3.87. The summed E-state index contributed by atoms with van der Waals surface area (Å²) in [4.78, 5) is 0. The molecule has 2 aromatic heterocycles. The molecular weight excluding hydrogens is 270 g/mol. The Balaban J connectivity index is 1.91. The highest BCUT2D eigenvalue weighted by Gasteiger charge is 2.17. The van der Waals surface area contributed by atoms with E-state index in [-0.39, 0.29) is 6.04 Å². The number of aromatic nitrogens is 3. The van der Waals surface area contributed by atoms with Crippen LogP contribution >= 0.6 is 11.3 Å². The second kappa shape index (κ2) is 5.96. The molecule has 0 bridgehead atoms. The molecule has 0 spiro atoms. The van der Waals surface area contributed by atoms with Crippen LogP contribution in [0.3, 0.4) is 0 Å². The minimum Gasteiger partial charge on any atom is -0.271 e. The van der Waals surface area contributed by atoms with Crippen molar-refractivity contribution in [3.8, 4) is 5.69 Å². The number of nitrogens with two attached hydrogens (primary N) is 1. The van der Waals surface area contributed by atoms with Crippen LogP contribution in [-0.4, -0.2) is 15.0 Å². The lowest BCUT2D eigenvalue weighted by molar-refractivity contribution is 0.522. The van der Waals surface area contributed by atoms with Gasteiger partial charge in [-0.1, -0.05) is 23.4 Å². The second-order valence-electron chi connectivity index (χ2n) is 4.46. The maximum absolute atomic E-state index is 5.71. The van der Waals surface area contributed by atoms with E-state index in [1.807, 2.05) is 35.0 Å². The van der Waals surface area contributed by atoms with Crippen LogP contribution in [0.15, 0.2) is 53.4 Å². The topological polar surface area (TPSA) is 68.8 Å². The Hall–Kier alpha value is -2.02. The Bertz CT molecular complexity index is 647. The molecule has 3 rings (SSSR count). The van der Waals surface area contributed by atoms with Gasteiger partial charge in [-0.2, -0.15) is 11.3 Å². The van der Waals surface area contributed by atoms with Gasteiger partial charge in [-0.05, 0) is 40.9 Å². The van der Waals surface area contributed by atoms with Gasteiger partial charge < -0.3 is 0 Å². The highest BCUT2D eigenvalue weighted by molar-refractivity contribution is 7.07. The Labute approximate surface area is 121 Å². The van der Waals surface area contributed by atoms with Crippen molar-refractivity contribution in [2.75, 3.05) is 0 Å². The number of thiophene rings is 1. The summed E-state index contributed by atoms with van der Waals surface area (Å²) in [5, 5.41) is 12.4. The zero-order valence-electron chi connectivity index (χ0n) is 10.8. The molecule has 0 amide bonds. The molecule has 3 N–H and O–H groups in total. The highest BCUT2D eigenvalue weighted by atomic mass is 32.1. The summed E-state index contributed by atoms with van der Waals surface area (Å²) in [5.41, 5.74) is 6.03. The van der Waals surface area contributed by atoms with Gasteiger partial charge in [0.15, 0.2) is 0 Å². The number of rotatable bonds is 5. The van der Waals surface area contributed by atoms with Crippen molar-refractivity contribution in [1.82, 2.24) is 20.4 Å². The summed E-state index contributed by atoms with van der Waals surface area (Å²) in [7, 11) is 0. The third-order valence-electron chi connectivity index (χ3n) is 3.15. The third kappa shape index (κ3) is 2.62. The number of nitrogens with one attached hydrogen (secondary N) is 1. The maximum Gasteiger partial charge on any atom is 0.0832 e. The van der Waals surface area contributed by atoms with Crippen molar-refractivity contribution >= 4 is 11.3 Å². The molecule has 0 fully saturated rings. The predicted molar refractivity (Wildman–Crippen MR) is 79.4 cm³/mol. The number of nitrogens with zero attached hydrogens (tertiary/aromatic N) is 3. The van der Waals surface area contributed by atoms with E-state index in [2.05, 4.69) is 32.6 Å². The van der Waals surface area contributed by atoms with Gasteiger partial charge in [-0.15, -0.1) is 5.10 Å². The normalized spacial score (nSPS) is 12.4. The molecule has 3 aromatic rings. The first-order valence-electron chi connectivity index (χ1n) is 6.31. The number of benzene rings is 1. The van der Waals surface area contributed by atoms with Gasteiger partial charge in [-0.3, -0.25) is 11.3 Å². The molecule has 1 unspecified atom stereocenters. The molecule has 5 nitrogen and oxygen atoms in total. The molecular formula is C14H15N5S. The van der Waals surface area contributed by atoms with Crippen LogP contribution in [0.1, 0.15) is 17.3 Å². The molecule has 1 aromatic carbocycles. The molecule has 0 aliphatic rings. The fourth-order valence-electron chi connectivity index (χ4n) is 2.14. The third-order valence-corrected chi connectivity index (χ3v) is 3.89. The molecule has 0 aliphatic heterocycles. The summed E-state index contributed by atoms with van der Waals surface area (Å²) in [5.74, 6) is 5.71. The SMILES string of the molecule is NNC(Cc1ccsc1)c1cnnn1-c1ccccc1. The zero-order valence-corrected chi connectivity index (χ0v) is 11.6. The van der Waals surface area contributed by atoms with Crippen LogP contribution < -0.4 is 11.3 Å². The predicted octanol–water partition coefficient (Wildman–Crippen LogP) is 2.08. The largest absolute Gasteiger partial charge is 0.271 e. The molecule has 0 radical (unpaired) electrons. The van der Waals surface area contributed by atoms with Gasteiger partial charge in [0.1, 0.15) is 0 Å². The molecule has 6 heteroatoms. The van der Waals surface area contributed by atoms with Gasteiger partial charge >= 0.3 is 0 Å². The Morgan fingerprint density at radius 2 is 2.10 bits per heavy atom. The van der Waals surface area contributed by atoms with Crippen molar-refractivity contribution in [3.05, 3.63) is 64.6 Å². The van der Waals surface area contributed by atoms with Crippen LogP contribution in [-0.2, 0) is 6.42 Å². The number of hydrogen-bond donors (Lipinski definition) is 2. The highest BCUT2D eigenvalue weighted by Crippen LogP contribution is 2.20. The fraction of sp³-hybridized carbons (Fsp3) is 0.143. The van der Waals surface area contributed by atoms with E-state index in [0.717, 1.165) is 17.8 Å². The molecule has 0 saturated carbocycles. The van der Waals surface area contributed by atoms with Gasteiger partial charge in [0, 0.05) is 0 Å².